The number of nitrogens with zero attached hydrogens (tertiary/aromatic N) is 3. The number of benzene rings is 2. The Kier molecular flexibility index (Phi) is 12.3. The molecule has 258 valence electrons. The molecular formula is C34H42N4O10. The summed E-state index contributed by atoms with van der Waals surface area (Å²) in [6, 6.07) is 12.4. The highest BCUT2D eigenvalue weighted by atomic mass is 16.6. The van der Waals surface area contributed by atoms with Gasteiger partial charge in [-0.3, -0.25) is 10.1 Å². The quantitative estimate of drug-likeness (QED) is 0.107. The van der Waals surface area contributed by atoms with Gasteiger partial charge >= 0.3 is 24.1 Å². The SMILES string of the molecule is COC(=O)C1=C(C)NC(C)=C(C(=O)OCCCN(Cc2ccc(OC(=O)N(C)C)cc2)C(=O)OC(C)(C)C)C1c1cccc([N+](=O)[O-])c1. The Hall–Kier alpha value is -5.40. The predicted octanol–water partition coefficient (Wildman–Crippen LogP) is 5.43. The van der Waals surface area contributed by atoms with Crippen LogP contribution in [0.25, 0.3) is 0 Å². The molecule has 1 N–H and O–H groups in total. The summed E-state index contributed by atoms with van der Waals surface area (Å²) in [6.07, 6.45) is -0.850. The minimum Gasteiger partial charge on any atom is -0.466 e. The van der Waals surface area contributed by atoms with Crippen LogP contribution in [0.4, 0.5) is 15.3 Å². The topological polar surface area (TPSA) is 167 Å². The van der Waals surface area contributed by atoms with E-state index in [1.165, 1.54) is 35.1 Å². The minimum atomic E-state index is -0.996. The molecule has 2 aromatic carbocycles. The zero-order valence-electron chi connectivity index (χ0n) is 28.4. The number of dihydropyridines is 1. The van der Waals surface area contributed by atoms with Crippen LogP contribution in [0.3, 0.4) is 0 Å². The molecule has 1 atom stereocenters. The van der Waals surface area contributed by atoms with Crippen LogP contribution in [0.5, 0.6) is 5.75 Å². The Morgan fingerprint density at radius 1 is 0.938 bits per heavy atom. The highest BCUT2D eigenvalue weighted by Crippen LogP contribution is 2.40. The van der Waals surface area contributed by atoms with Gasteiger partial charge in [0.2, 0.25) is 0 Å². The van der Waals surface area contributed by atoms with Crippen molar-refractivity contribution in [3.63, 3.8) is 0 Å². The first-order valence-corrected chi connectivity index (χ1v) is 15.2. The molecule has 3 rings (SSSR count). The molecule has 0 aromatic heterocycles. The molecule has 0 fully saturated rings. The van der Waals surface area contributed by atoms with Gasteiger partial charge in [0.05, 0.1) is 35.7 Å². The highest BCUT2D eigenvalue weighted by Gasteiger charge is 2.38. The maximum atomic E-state index is 13.6. The number of ether oxygens (including phenoxy) is 4. The van der Waals surface area contributed by atoms with Crippen molar-refractivity contribution in [2.75, 3.05) is 34.4 Å². The number of allylic oxidation sites excluding steroid dienone is 2. The first-order valence-electron chi connectivity index (χ1n) is 15.2. The van der Waals surface area contributed by atoms with Crippen LogP contribution in [0.1, 0.15) is 58.1 Å². The summed E-state index contributed by atoms with van der Waals surface area (Å²) in [7, 11) is 4.36. The molecule has 14 nitrogen and oxygen atoms in total. The second-order valence-corrected chi connectivity index (χ2v) is 12.3. The van der Waals surface area contributed by atoms with Crippen molar-refractivity contribution in [3.05, 3.63) is 92.3 Å². The van der Waals surface area contributed by atoms with E-state index in [1.807, 2.05) is 0 Å². The van der Waals surface area contributed by atoms with E-state index in [4.69, 9.17) is 18.9 Å². The largest absolute Gasteiger partial charge is 0.466 e. The lowest BCUT2D eigenvalue weighted by Crippen LogP contribution is -2.37. The van der Waals surface area contributed by atoms with Gasteiger partial charge in [-0.2, -0.15) is 0 Å². The van der Waals surface area contributed by atoms with Crippen LogP contribution < -0.4 is 10.1 Å². The standard InChI is InChI=1S/C34H42N4O10/c1-21-27(30(39)45-8)29(24-11-9-12-25(19-24)38(43)44)28(22(2)35-21)31(40)46-18-10-17-37(33(42)48-34(3,4)5)20-23-13-15-26(16-14-23)47-32(41)36(6)7/h9,11-16,19,29,35H,10,17-18,20H2,1-8H3. The second-order valence-electron chi connectivity index (χ2n) is 12.3. The molecule has 1 unspecified atom stereocenters. The number of carbonyl (C=O) groups is 4. The van der Waals surface area contributed by atoms with Crippen molar-refractivity contribution in [2.24, 2.45) is 0 Å². The summed E-state index contributed by atoms with van der Waals surface area (Å²) in [5, 5.41) is 14.6. The van der Waals surface area contributed by atoms with Crippen molar-refractivity contribution >= 4 is 29.8 Å². The molecule has 1 aliphatic rings. The van der Waals surface area contributed by atoms with Crippen LogP contribution in [0, 0.1) is 10.1 Å². The van der Waals surface area contributed by atoms with E-state index in [0.29, 0.717) is 22.7 Å². The number of nitrogens with one attached hydrogen (secondary N) is 1. The molecule has 0 spiro atoms. The number of amides is 2. The number of methoxy groups -OCH3 is 1. The maximum absolute atomic E-state index is 13.6. The Bertz CT molecular complexity index is 1610. The first-order chi connectivity index (χ1) is 22.5. The van der Waals surface area contributed by atoms with Crippen molar-refractivity contribution < 1.29 is 43.0 Å². The molecule has 0 saturated heterocycles. The van der Waals surface area contributed by atoms with Gasteiger partial charge in [0, 0.05) is 50.7 Å². The Morgan fingerprint density at radius 3 is 2.12 bits per heavy atom. The lowest BCUT2D eigenvalue weighted by molar-refractivity contribution is -0.384. The Balaban J connectivity index is 1.78. The van der Waals surface area contributed by atoms with Gasteiger partial charge in [-0.15, -0.1) is 0 Å². The number of hydrogen-bond donors (Lipinski definition) is 1. The first kappa shape index (κ1) is 37.1. The molecule has 48 heavy (non-hydrogen) atoms. The fraction of sp³-hybridized carbons (Fsp3) is 0.412. The van der Waals surface area contributed by atoms with Gasteiger partial charge in [0.1, 0.15) is 11.4 Å². The summed E-state index contributed by atoms with van der Waals surface area (Å²) >= 11 is 0. The van der Waals surface area contributed by atoms with Gasteiger partial charge in [0.15, 0.2) is 0 Å². The van der Waals surface area contributed by atoms with E-state index in [9.17, 15) is 29.3 Å². The number of carbonyl (C=O) groups excluding carboxylic acids is 4. The zero-order chi connectivity index (χ0) is 35.8. The lowest BCUT2D eigenvalue weighted by Gasteiger charge is -2.30. The van der Waals surface area contributed by atoms with E-state index in [0.717, 1.165) is 5.56 Å². The summed E-state index contributed by atoms with van der Waals surface area (Å²) in [5.74, 6) is -2.09. The van der Waals surface area contributed by atoms with Crippen molar-refractivity contribution in [1.82, 2.24) is 15.1 Å². The minimum absolute atomic E-state index is 0.0910. The normalized spacial score (nSPS) is 14.5. The number of esters is 2. The summed E-state index contributed by atoms with van der Waals surface area (Å²) in [6.45, 7) is 8.80. The van der Waals surface area contributed by atoms with Crippen LogP contribution in [0.2, 0.25) is 0 Å². The van der Waals surface area contributed by atoms with Crippen molar-refractivity contribution in [2.45, 2.75) is 59.1 Å². The third-order valence-corrected chi connectivity index (χ3v) is 7.12. The second kappa shape index (κ2) is 15.9. The zero-order valence-corrected chi connectivity index (χ0v) is 28.4. The van der Waals surface area contributed by atoms with E-state index in [-0.39, 0.29) is 43.0 Å². The fourth-order valence-electron chi connectivity index (χ4n) is 4.93. The van der Waals surface area contributed by atoms with Gasteiger partial charge in [-0.05, 0) is 64.3 Å². The van der Waals surface area contributed by atoms with Gasteiger partial charge in [-0.25, -0.2) is 19.2 Å². The van der Waals surface area contributed by atoms with Crippen LogP contribution in [0.15, 0.2) is 71.1 Å². The average Bonchev–Trinajstić information content (AvgIpc) is 3.01. The predicted molar refractivity (Wildman–Crippen MR) is 175 cm³/mol. The molecule has 0 bridgehead atoms. The smallest absolute Gasteiger partial charge is 0.414 e. The third kappa shape index (κ3) is 9.80. The van der Waals surface area contributed by atoms with Crippen molar-refractivity contribution in [1.29, 1.82) is 0 Å². The van der Waals surface area contributed by atoms with E-state index in [1.54, 1.807) is 79.0 Å². The average molecular weight is 667 g/mol. The molecule has 0 saturated carbocycles. The monoisotopic (exact) mass is 666 g/mol. The molecule has 1 aliphatic heterocycles. The fourth-order valence-corrected chi connectivity index (χ4v) is 4.93. The molecule has 2 aromatic rings. The van der Waals surface area contributed by atoms with Crippen LogP contribution >= 0.6 is 0 Å². The molecule has 14 heteroatoms. The number of rotatable bonds is 11. The van der Waals surface area contributed by atoms with Crippen LogP contribution in [-0.2, 0) is 30.3 Å². The molecule has 2 amide bonds. The molecule has 0 radical (unpaired) electrons. The summed E-state index contributed by atoms with van der Waals surface area (Å²) in [4.78, 5) is 65.2. The molecular weight excluding hydrogens is 624 g/mol. The highest BCUT2D eigenvalue weighted by molar-refractivity contribution is 5.99. The van der Waals surface area contributed by atoms with Crippen LogP contribution in [-0.4, -0.2) is 78.8 Å². The van der Waals surface area contributed by atoms with Crippen molar-refractivity contribution in [3.8, 4) is 5.75 Å². The molecule has 0 aliphatic carbocycles. The van der Waals surface area contributed by atoms with Gasteiger partial charge in [-0.1, -0.05) is 24.3 Å². The lowest BCUT2D eigenvalue weighted by atomic mass is 9.80. The summed E-state index contributed by atoms with van der Waals surface area (Å²) in [5.41, 5.74) is 1.19. The number of nitro groups is 1. The van der Waals surface area contributed by atoms with E-state index < -0.39 is 40.6 Å². The Morgan fingerprint density at radius 2 is 1.56 bits per heavy atom. The van der Waals surface area contributed by atoms with Gasteiger partial charge < -0.3 is 34.1 Å². The molecule has 1 heterocycles. The number of non-ortho nitro benzene ring substituents is 1. The van der Waals surface area contributed by atoms with E-state index in [2.05, 4.69) is 5.32 Å². The summed E-state index contributed by atoms with van der Waals surface area (Å²) < 4.78 is 21.5. The maximum Gasteiger partial charge on any atom is 0.414 e. The van der Waals surface area contributed by atoms with E-state index >= 15 is 0 Å². The number of nitro benzene ring substituents is 1. The van der Waals surface area contributed by atoms with Gasteiger partial charge in [0.25, 0.3) is 5.69 Å². The Labute approximate surface area is 279 Å². The number of hydrogen-bond acceptors (Lipinski definition) is 11. The third-order valence-electron chi connectivity index (χ3n) is 7.12.